The van der Waals surface area contributed by atoms with Gasteiger partial charge in [-0.05, 0) is 6.92 Å². The molecule has 2 aliphatic heterocycles. The van der Waals surface area contributed by atoms with Crippen molar-refractivity contribution >= 4 is 24.8 Å². The van der Waals surface area contributed by atoms with Gasteiger partial charge in [0.1, 0.15) is 42.6 Å². The monoisotopic (exact) mass is 555 g/mol. The second-order valence-electron chi connectivity index (χ2n) is 8.95. The lowest BCUT2D eigenvalue weighted by Crippen LogP contribution is -2.33. The lowest BCUT2D eigenvalue weighted by molar-refractivity contribution is -0.0564. The predicted molar refractivity (Wildman–Crippen MR) is 127 cm³/mol. The van der Waals surface area contributed by atoms with E-state index in [1.165, 1.54) is 25.8 Å². The van der Waals surface area contributed by atoms with Crippen LogP contribution in [0.1, 0.15) is 30.9 Å². The Labute approximate surface area is 213 Å². The first kappa shape index (κ1) is 26.6. The highest BCUT2D eigenvalue weighted by Gasteiger charge is 2.43. The number of nitrogens with one attached hydrogen (secondary N) is 1. The molecule has 18 heteroatoms. The highest BCUT2D eigenvalue weighted by atomic mass is 31.2. The van der Waals surface area contributed by atoms with Gasteiger partial charge in [-0.15, -0.1) is 0 Å². The van der Waals surface area contributed by atoms with E-state index >= 15 is 0 Å². The van der Waals surface area contributed by atoms with E-state index in [0.717, 1.165) is 4.57 Å². The quantitative estimate of drug-likeness (QED) is 0.203. The summed E-state index contributed by atoms with van der Waals surface area (Å²) in [5, 5.41) is 20.1. The molecule has 6 N–H and O–H groups in total. The molecule has 5 rings (SSSR count). The van der Waals surface area contributed by atoms with Crippen LogP contribution in [0.5, 0.6) is 0 Å². The highest BCUT2D eigenvalue weighted by Crippen LogP contribution is 2.49. The lowest BCUT2D eigenvalue weighted by Gasteiger charge is -2.21. The summed E-state index contributed by atoms with van der Waals surface area (Å²) in [4.78, 5) is 48.5. The topological polar surface area (TPSA) is 239 Å². The second kappa shape index (κ2) is 10.3. The molecular formula is C20H26N7O10P. The number of ether oxygens (including phenoxy) is 2. The van der Waals surface area contributed by atoms with Crippen LogP contribution in [0.3, 0.4) is 0 Å². The van der Waals surface area contributed by atoms with Crippen LogP contribution < -0.4 is 17.0 Å². The molecular weight excluding hydrogens is 529 g/mol. The minimum atomic E-state index is -4.73. The molecule has 2 fully saturated rings. The molecule has 2 aliphatic rings. The van der Waals surface area contributed by atoms with Gasteiger partial charge >= 0.3 is 13.5 Å². The number of aliphatic hydroxyl groups is 2. The molecule has 0 saturated carbocycles. The van der Waals surface area contributed by atoms with Gasteiger partial charge in [-0.25, -0.2) is 24.3 Å². The maximum absolute atomic E-state index is 12.7. The van der Waals surface area contributed by atoms with Crippen molar-refractivity contribution in [3.8, 4) is 0 Å². The number of nitrogens with two attached hydrogens (primary N) is 1. The van der Waals surface area contributed by atoms with Crippen LogP contribution in [0.15, 0.2) is 28.4 Å². The van der Waals surface area contributed by atoms with Crippen molar-refractivity contribution in [1.82, 2.24) is 29.1 Å². The Morgan fingerprint density at radius 3 is 2.68 bits per heavy atom. The van der Waals surface area contributed by atoms with Crippen molar-refractivity contribution < 1.29 is 38.2 Å². The smallest absolute Gasteiger partial charge is 0.394 e. The number of nitrogens with zero attached hydrogens (tertiary/aromatic N) is 5. The number of phosphoric acid groups is 1. The van der Waals surface area contributed by atoms with E-state index in [1.54, 1.807) is 4.57 Å². The summed E-state index contributed by atoms with van der Waals surface area (Å²) in [6.07, 6.45) is -1.83. The van der Waals surface area contributed by atoms with Crippen molar-refractivity contribution in [3.63, 3.8) is 0 Å². The van der Waals surface area contributed by atoms with E-state index in [0.29, 0.717) is 11.2 Å². The first-order chi connectivity index (χ1) is 18.1. The number of hydrogen-bond donors (Lipinski definition) is 5. The van der Waals surface area contributed by atoms with Gasteiger partial charge < -0.3 is 30.3 Å². The van der Waals surface area contributed by atoms with Crippen molar-refractivity contribution in [2.45, 2.75) is 56.6 Å². The van der Waals surface area contributed by atoms with Crippen LogP contribution in [-0.4, -0.2) is 81.8 Å². The summed E-state index contributed by atoms with van der Waals surface area (Å²) in [7, 11) is -4.73. The lowest BCUT2D eigenvalue weighted by atomic mass is 10.2. The van der Waals surface area contributed by atoms with E-state index in [1.807, 2.05) is 0 Å². The summed E-state index contributed by atoms with van der Waals surface area (Å²) in [6, 6.07) is 0. The van der Waals surface area contributed by atoms with Crippen LogP contribution in [-0.2, 0) is 23.1 Å². The van der Waals surface area contributed by atoms with Crippen molar-refractivity contribution in [3.05, 3.63) is 45.3 Å². The van der Waals surface area contributed by atoms with Gasteiger partial charge in [-0.1, -0.05) is 0 Å². The van der Waals surface area contributed by atoms with Crippen LogP contribution in [0.4, 0.5) is 5.82 Å². The normalized spacial score (nSPS) is 29.2. The standard InChI is InChI=1S/C20H26N7O10P/c1-9-4-26(20(31)25-19(9)30)15-3-11(12(5-28)35-15)37-38(32,33)34-6-13-10(29)2-14(36-13)27-8-24-16-17(21)22-7-23-18(16)27/h4,7-8,10-15,28-29H,2-3,5-6H2,1H3,(H,32,33)(H2,21,22,23)(H,25,30,31)/t10-,11-,12-,13-,14-,15-/m1/s1. The van der Waals surface area contributed by atoms with Gasteiger partial charge in [0.05, 0.1) is 25.6 Å². The highest BCUT2D eigenvalue weighted by molar-refractivity contribution is 7.47. The molecule has 3 aromatic heterocycles. The average molecular weight is 555 g/mol. The molecule has 0 aromatic carbocycles. The maximum Gasteiger partial charge on any atom is 0.472 e. The number of phosphoric ester groups is 1. The van der Waals surface area contributed by atoms with Gasteiger partial charge in [-0.3, -0.25) is 28.0 Å². The average Bonchev–Trinajstić information content (AvgIpc) is 3.57. The minimum absolute atomic E-state index is 0.0894. The number of nitrogen functional groups attached to an aromatic ring is 1. The molecule has 0 bridgehead atoms. The molecule has 0 radical (unpaired) electrons. The number of aryl methyl sites for hydroxylation is 1. The molecule has 17 nitrogen and oxygen atoms in total. The van der Waals surface area contributed by atoms with E-state index in [4.69, 9.17) is 24.3 Å². The third-order valence-corrected chi connectivity index (χ3v) is 7.40. The molecule has 206 valence electrons. The summed E-state index contributed by atoms with van der Waals surface area (Å²) in [6.45, 7) is 0.436. The third kappa shape index (κ3) is 5.14. The third-order valence-electron chi connectivity index (χ3n) is 6.39. The fraction of sp³-hybridized carbons (Fsp3) is 0.550. The van der Waals surface area contributed by atoms with E-state index in [9.17, 15) is 29.3 Å². The van der Waals surface area contributed by atoms with Gasteiger partial charge in [0, 0.05) is 24.6 Å². The first-order valence-electron chi connectivity index (χ1n) is 11.6. The van der Waals surface area contributed by atoms with Crippen molar-refractivity contribution in [2.24, 2.45) is 0 Å². The Balaban J connectivity index is 1.22. The molecule has 0 amide bonds. The van der Waals surface area contributed by atoms with Crippen LogP contribution in [0, 0.1) is 6.92 Å². The molecule has 0 spiro atoms. The summed E-state index contributed by atoms with van der Waals surface area (Å²) >= 11 is 0. The van der Waals surface area contributed by atoms with Gasteiger partial charge in [0.2, 0.25) is 0 Å². The SMILES string of the molecule is Cc1cn([C@H]2C[C@@H](OP(=O)(O)OC[C@H]3O[C@@H](n4cnc5c(N)ncnc54)C[C@H]3O)[C@@H](CO)O2)c(=O)[nH]c1=O. The van der Waals surface area contributed by atoms with Crippen LogP contribution in [0.2, 0.25) is 0 Å². The predicted octanol–water partition coefficient (Wildman–Crippen LogP) is -1.30. The number of anilines is 1. The zero-order chi connectivity index (χ0) is 27.2. The van der Waals surface area contributed by atoms with Crippen molar-refractivity contribution in [1.29, 1.82) is 0 Å². The van der Waals surface area contributed by atoms with Crippen LogP contribution >= 0.6 is 7.82 Å². The molecule has 7 atom stereocenters. The molecule has 0 aliphatic carbocycles. The van der Waals surface area contributed by atoms with Gasteiger partial charge in [-0.2, -0.15) is 0 Å². The Kier molecular flexibility index (Phi) is 7.19. The molecule has 1 unspecified atom stereocenters. The number of imidazole rings is 1. The molecule has 3 aromatic rings. The summed E-state index contributed by atoms with van der Waals surface area (Å²) in [5.41, 5.74) is 5.52. The number of hydrogen-bond acceptors (Lipinski definition) is 13. The Morgan fingerprint density at radius 2 is 1.92 bits per heavy atom. The summed E-state index contributed by atoms with van der Waals surface area (Å²) < 4.78 is 37.1. The fourth-order valence-corrected chi connectivity index (χ4v) is 5.39. The van der Waals surface area contributed by atoms with Crippen molar-refractivity contribution in [2.75, 3.05) is 18.9 Å². The Bertz CT molecular complexity index is 1490. The second-order valence-corrected chi connectivity index (χ2v) is 10.4. The Morgan fingerprint density at radius 1 is 1.18 bits per heavy atom. The van der Waals surface area contributed by atoms with E-state index in [-0.39, 0.29) is 24.2 Å². The number of aromatic nitrogens is 6. The number of fused-ring (bicyclic) bond motifs is 1. The number of rotatable bonds is 8. The van der Waals surface area contributed by atoms with Gasteiger partial charge in [0.25, 0.3) is 5.56 Å². The van der Waals surface area contributed by atoms with Crippen LogP contribution in [0.25, 0.3) is 11.2 Å². The van der Waals surface area contributed by atoms with E-state index in [2.05, 4.69) is 19.9 Å². The zero-order valence-electron chi connectivity index (χ0n) is 20.0. The number of aromatic amines is 1. The number of H-pyrrole nitrogens is 1. The molecule has 38 heavy (non-hydrogen) atoms. The van der Waals surface area contributed by atoms with E-state index < -0.39 is 69.2 Å². The maximum atomic E-state index is 12.7. The largest absolute Gasteiger partial charge is 0.472 e. The number of aliphatic hydroxyl groups excluding tert-OH is 2. The van der Waals surface area contributed by atoms with Gasteiger partial charge in [0.15, 0.2) is 11.5 Å². The molecule has 2 saturated heterocycles. The minimum Gasteiger partial charge on any atom is -0.394 e. The summed E-state index contributed by atoms with van der Waals surface area (Å²) in [5.74, 6) is 0.186. The zero-order valence-corrected chi connectivity index (χ0v) is 20.9. The first-order valence-corrected chi connectivity index (χ1v) is 13.1. The Hall–Kier alpha value is -3.02. The molecule has 5 heterocycles. The fourth-order valence-electron chi connectivity index (χ4n) is 4.43.